The van der Waals surface area contributed by atoms with Gasteiger partial charge in [0.15, 0.2) is 0 Å². The van der Waals surface area contributed by atoms with Crippen molar-refractivity contribution in [3.63, 3.8) is 0 Å². The molecule has 0 fully saturated rings. The van der Waals surface area contributed by atoms with Crippen molar-refractivity contribution < 1.29 is 9.63 Å². The second-order valence-corrected chi connectivity index (χ2v) is 3.50. The molecule has 14 heavy (non-hydrogen) atoms. The highest BCUT2D eigenvalue weighted by atomic mass is 32.1. The number of nitrogens with one attached hydrogen (secondary N) is 1. The van der Waals surface area contributed by atoms with Crippen molar-refractivity contribution >= 4 is 23.3 Å². The molecular formula is C8H11N3O2S. The zero-order valence-corrected chi connectivity index (χ0v) is 8.50. The minimum atomic E-state index is -0.626. The number of thiophene rings is 1. The third kappa shape index (κ3) is 3.44. The molecule has 5 nitrogen and oxygen atoms in total. The lowest BCUT2D eigenvalue weighted by molar-refractivity contribution is 0.152. The first kappa shape index (κ1) is 10.5. The average molecular weight is 213 g/mol. The number of nitrogens with two attached hydrogens (primary N) is 1. The highest BCUT2D eigenvalue weighted by molar-refractivity contribution is 7.10. The Labute approximate surface area is 85.5 Å². The van der Waals surface area contributed by atoms with E-state index in [-0.39, 0.29) is 5.84 Å². The van der Waals surface area contributed by atoms with Crippen LogP contribution in [0.4, 0.5) is 4.79 Å². The van der Waals surface area contributed by atoms with E-state index in [4.69, 9.17) is 5.73 Å². The van der Waals surface area contributed by atoms with Gasteiger partial charge in [-0.3, -0.25) is 4.84 Å². The highest BCUT2D eigenvalue weighted by Crippen LogP contribution is 2.08. The number of carbonyl (C=O) groups excluding carboxylic acids is 1. The van der Waals surface area contributed by atoms with E-state index in [1.165, 1.54) is 7.05 Å². The first-order valence-electron chi connectivity index (χ1n) is 3.96. The van der Waals surface area contributed by atoms with E-state index in [1.807, 2.05) is 17.5 Å². The second-order valence-electron chi connectivity index (χ2n) is 2.47. The van der Waals surface area contributed by atoms with E-state index < -0.39 is 6.09 Å². The molecule has 0 saturated heterocycles. The molecule has 6 heteroatoms. The summed E-state index contributed by atoms with van der Waals surface area (Å²) in [6.07, 6.45) is -0.131. The molecule has 1 rings (SSSR count). The number of rotatable bonds is 3. The van der Waals surface area contributed by atoms with Crippen LogP contribution in [0.1, 0.15) is 4.88 Å². The predicted octanol–water partition coefficient (Wildman–Crippen LogP) is 0.919. The predicted molar refractivity (Wildman–Crippen MR) is 55.2 cm³/mol. The third-order valence-electron chi connectivity index (χ3n) is 1.39. The Morgan fingerprint density at radius 2 is 2.57 bits per heavy atom. The van der Waals surface area contributed by atoms with Gasteiger partial charge >= 0.3 is 6.09 Å². The van der Waals surface area contributed by atoms with Crippen LogP contribution in [-0.4, -0.2) is 19.0 Å². The van der Waals surface area contributed by atoms with Gasteiger partial charge in [0.2, 0.25) is 0 Å². The molecule has 0 atom stereocenters. The standard InChI is InChI=1S/C8H11N3O2S/c1-10-8(12)13-11-7(9)5-6-3-2-4-14-6/h2-4H,5H2,1H3,(H2,9,11)(H,10,12). The summed E-state index contributed by atoms with van der Waals surface area (Å²) in [5.74, 6) is 0.274. The molecule has 1 amide bonds. The molecule has 0 aliphatic rings. The number of nitrogens with zero attached hydrogens (tertiary/aromatic N) is 1. The van der Waals surface area contributed by atoms with Gasteiger partial charge < -0.3 is 11.1 Å². The summed E-state index contributed by atoms with van der Waals surface area (Å²) >= 11 is 1.57. The van der Waals surface area contributed by atoms with Crippen LogP contribution in [0.25, 0.3) is 0 Å². The molecule has 0 aliphatic carbocycles. The van der Waals surface area contributed by atoms with E-state index in [0.717, 1.165) is 4.88 Å². The van der Waals surface area contributed by atoms with Crippen LogP contribution in [-0.2, 0) is 11.3 Å². The molecule has 1 heterocycles. The van der Waals surface area contributed by atoms with Gasteiger partial charge in [0, 0.05) is 18.3 Å². The number of amidine groups is 1. The number of hydrogen-bond donors (Lipinski definition) is 2. The smallest absolute Gasteiger partial charge is 0.384 e. The molecule has 0 radical (unpaired) electrons. The lowest BCUT2D eigenvalue weighted by Gasteiger charge is -1.98. The van der Waals surface area contributed by atoms with Crippen LogP contribution < -0.4 is 11.1 Å². The third-order valence-corrected chi connectivity index (χ3v) is 2.26. The molecule has 0 saturated carbocycles. The summed E-state index contributed by atoms with van der Waals surface area (Å²) in [7, 11) is 1.45. The van der Waals surface area contributed by atoms with E-state index in [1.54, 1.807) is 11.3 Å². The van der Waals surface area contributed by atoms with Gasteiger partial charge in [0.25, 0.3) is 0 Å². The number of hydrogen-bond acceptors (Lipinski definition) is 4. The maximum absolute atomic E-state index is 10.6. The number of oxime groups is 1. The van der Waals surface area contributed by atoms with Gasteiger partial charge in [0.05, 0.1) is 0 Å². The molecule has 1 aromatic heterocycles. The van der Waals surface area contributed by atoms with Crippen LogP contribution in [0.2, 0.25) is 0 Å². The molecule has 76 valence electrons. The summed E-state index contributed by atoms with van der Waals surface area (Å²) < 4.78 is 0. The Kier molecular flexibility index (Phi) is 3.93. The lowest BCUT2D eigenvalue weighted by atomic mass is 10.3. The first-order valence-corrected chi connectivity index (χ1v) is 4.84. The van der Waals surface area contributed by atoms with Crippen LogP contribution in [0.15, 0.2) is 22.7 Å². The van der Waals surface area contributed by atoms with Crippen molar-refractivity contribution in [2.45, 2.75) is 6.42 Å². The Hall–Kier alpha value is -1.56. The monoisotopic (exact) mass is 213 g/mol. The van der Waals surface area contributed by atoms with Crippen LogP contribution in [0.3, 0.4) is 0 Å². The Bertz CT molecular complexity index is 321. The van der Waals surface area contributed by atoms with Crippen molar-refractivity contribution in [3.8, 4) is 0 Å². The Balaban J connectivity index is 2.41. The first-order chi connectivity index (χ1) is 6.72. The van der Waals surface area contributed by atoms with Crippen molar-refractivity contribution in [1.82, 2.24) is 5.32 Å². The molecule has 0 aliphatic heterocycles. The minimum Gasteiger partial charge on any atom is -0.384 e. The van der Waals surface area contributed by atoms with E-state index >= 15 is 0 Å². The molecule has 0 spiro atoms. The fourth-order valence-electron chi connectivity index (χ4n) is 0.770. The molecule has 0 aromatic carbocycles. The van der Waals surface area contributed by atoms with Crippen LogP contribution in [0, 0.1) is 0 Å². The van der Waals surface area contributed by atoms with Gasteiger partial charge in [-0.25, -0.2) is 4.79 Å². The van der Waals surface area contributed by atoms with Gasteiger partial charge in [-0.05, 0) is 11.4 Å². The average Bonchev–Trinajstić information content (AvgIpc) is 2.66. The van der Waals surface area contributed by atoms with E-state index in [0.29, 0.717) is 6.42 Å². The highest BCUT2D eigenvalue weighted by Gasteiger charge is 2.00. The molecule has 3 N–H and O–H groups in total. The molecule has 1 aromatic rings. The van der Waals surface area contributed by atoms with Crippen molar-refractivity contribution in [2.24, 2.45) is 10.9 Å². The lowest BCUT2D eigenvalue weighted by Crippen LogP contribution is -2.20. The van der Waals surface area contributed by atoms with Gasteiger partial charge in [-0.2, -0.15) is 0 Å². The fraction of sp³-hybridized carbons (Fsp3) is 0.250. The van der Waals surface area contributed by atoms with Crippen molar-refractivity contribution in [3.05, 3.63) is 22.4 Å². The summed E-state index contributed by atoms with van der Waals surface area (Å²) in [5, 5.41) is 7.66. The van der Waals surface area contributed by atoms with E-state index in [2.05, 4.69) is 15.3 Å². The SMILES string of the molecule is CNC(=O)O/N=C(\N)Cc1cccs1. The van der Waals surface area contributed by atoms with Gasteiger partial charge in [-0.15, -0.1) is 11.3 Å². The topological polar surface area (TPSA) is 76.7 Å². The zero-order chi connectivity index (χ0) is 10.4. The number of amides is 1. The van der Waals surface area contributed by atoms with Crippen LogP contribution >= 0.6 is 11.3 Å². The van der Waals surface area contributed by atoms with E-state index in [9.17, 15) is 4.79 Å². The zero-order valence-electron chi connectivity index (χ0n) is 7.69. The second kappa shape index (κ2) is 5.23. The summed E-state index contributed by atoms with van der Waals surface area (Å²) in [6, 6.07) is 3.86. The van der Waals surface area contributed by atoms with Crippen LogP contribution in [0.5, 0.6) is 0 Å². The summed E-state index contributed by atoms with van der Waals surface area (Å²) in [6.45, 7) is 0. The van der Waals surface area contributed by atoms with Gasteiger partial charge in [0.1, 0.15) is 5.84 Å². The summed E-state index contributed by atoms with van der Waals surface area (Å²) in [4.78, 5) is 16.1. The van der Waals surface area contributed by atoms with Crippen molar-refractivity contribution in [2.75, 3.05) is 7.05 Å². The minimum absolute atomic E-state index is 0.274. The Morgan fingerprint density at radius 3 is 3.14 bits per heavy atom. The quantitative estimate of drug-likeness (QED) is 0.339. The largest absolute Gasteiger partial charge is 0.433 e. The normalized spacial score (nSPS) is 11.1. The molecule has 0 unspecified atom stereocenters. The fourth-order valence-corrected chi connectivity index (χ4v) is 1.49. The molecular weight excluding hydrogens is 202 g/mol. The van der Waals surface area contributed by atoms with Crippen molar-refractivity contribution in [1.29, 1.82) is 0 Å². The summed E-state index contributed by atoms with van der Waals surface area (Å²) in [5.41, 5.74) is 5.52. The maximum Gasteiger partial charge on any atom is 0.433 e. The number of carbonyl (C=O) groups is 1. The van der Waals surface area contributed by atoms with Gasteiger partial charge in [-0.1, -0.05) is 11.2 Å². The maximum atomic E-state index is 10.6. The Morgan fingerprint density at radius 1 is 1.79 bits per heavy atom. The molecule has 0 bridgehead atoms.